The molecule has 2 rings (SSSR count). The van der Waals surface area contributed by atoms with Gasteiger partial charge in [-0.05, 0) is 12.0 Å². The second kappa shape index (κ2) is 4.65. The maximum atomic E-state index is 3.88. The fraction of sp³-hybridized carbons (Fsp3) is 0.364. The largest absolute Gasteiger partial charge is 0.278 e. The predicted octanol–water partition coefficient (Wildman–Crippen LogP) is 3.47. The number of benzene rings is 1. The average Bonchev–Trinajstić information content (AvgIpc) is 2.49. The normalized spacial score (nSPS) is 9.85. The van der Waals surface area contributed by atoms with Crippen molar-refractivity contribution >= 4 is 10.9 Å². The molecule has 13 heavy (non-hydrogen) atoms. The lowest BCUT2D eigenvalue weighted by Gasteiger charge is -1.81. The zero-order valence-corrected chi connectivity index (χ0v) is 8.41. The maximum absolute atomic E-state index is 3.88. The van der Waals surface area contributed by atoms with Crippen LogP contribution in [0.4, 0.5) is 0 Å². The quantitative estimate of drug-likeness (QED) is 0.657. The number of aromatic nitrogens is 2. The first kappa shape index (κ1) is 9.78. The Kier molecular flexibility index (Phi) is 3.50. The standard InChI is InChI=1S/C7H6N2.C4H10.H2/c1-2-4-7-6(3-1)5-8-9-7;1-4(2)3;/h1-5H,(H,8,9);4H,1-3H3;1H. The number of H-pyrrole nitrogens is 1. The summed E-state index contributed by atoms with van der Waals surface area (Å²) in [6.07, 6.45) is 1.81. The molecule has 1 N–H and O–H groups in total. The topological polar surface area (TPSA) is 28.7 Å². The van der Waals surface area contributed by atoms with Crippen LogP contribution in [0.5, 0.6) is 0 Å². The minimum Gasteiger partial charge on any atom is -0.278 e. The lowest BCUT2D eigenvalue weighted by atomic mass is 10.3. The van der Waals surface area contributed by atoms with Gasteiger partial charge >= 0.3 is 0 Å². The first-order valence-corrected chi connectivity index (χ1v) is 4.58. The highest BCUT2D eigenvalue weighted by Crippen LogP contribution is 2.06. The molecule has 1 heterocycles. The predicted molar refractivity (Wildman–Crippen MR) is 58.7 cm³/mol. The monoisotopic (exact) mass is 178 g/mol. The van der Waals surface area contributed by atoms with Gasteiger partial charge in [-0.15, -0.1) is 0 Å². The summed E-state index contributed by atoms with van der Waals surface area (Å²) in [5.74, 6) is 0.833. The third-order valence-corrected chi connectivity index (χ3v) is 1.35. The van der Waals surface area contributed by atoms with E-state index in [-0.39, 0.29) is 1.43 Å². The van der Waals surface area contributed by atoms with E-state index in [1.54, 1.807) is 0 Å². The van der Waals surface area contributed by atoms with Crippen molar-refractivity contribution in [1.82, 2.24) is 10.2 Å². The SMILES string of the molecule is CC(C)C.[HH].c1ccc2[nH]ncc2c1. The van der Waals surface area contributed by atoms with Crippen LogP contribution in [0.1, 0.15) is 22.2 Å². The third kappa shape index (κ3) is 3.28. The van der Waals surface area contributed by atoms with Crippen molar-refractivity contribution < 1.29 is 1.43 Å². The lowest BCUT2D eigenvalue weighted by molar-refractivity contribution is 0.737. The second-order valence-corrected chi connectivity index (χ2v) is 3.69. The molecule has 0 aliphatic carbocycles. The van der Waals surface area contributed by atoms with Crippen molar-refractivity contribution in [3.63, 3.8) is 0 Å². The highest BCUT2D eigenvalue weighted by molar-refractivity contribution is 5.77. The average molecular weight is 178 g/mol. The molecule has 0 atom stereocenters. The maximum Gasteiger partial charge on any atom is 0.0650 e. The summed E-state index contributed by atoms with van der Waals surface area (Å²) in [5, 5.41) is 7.91. The molecule has 0 aliphatic heterocycles. The zero-order chi connectivity index (χ0) is 9.68. The summed E-state index contributed by atoms with van der Waals surface area (Å²) in [7, 11) is 0. The number of hydrogen-bond donors (Lipinski definition) is 1. The number of para-hydroxylation sites is 1. The van der Waals surface area contributed by atoms with E-state index in [4.69, 9.17) is 0 Å². The highest BCUT2D eigenvalue weighted by Gasteiger charge is 1.88. The molecule has 2 heteroatoms. The Bertz CT molecular complexity index is 322. The minimum absolute atomic E-state index is 0. The Morgan fingerprint density at radius 1 is 1.23 bits per heavy atom. The Hall–Kier alpha value is -1.31. The number of rotatable bonds is 0. The Balaban J connectivity index is 0.000000299. The first-order chi connectivity index (χ1) is 6.20. The van der Waals surface area contributed by atoms with Gasteiger partial charge in [-0.1, -0.05) is 39.0 Å². The molecule has 1 aromatic heterocycles. The molecule has 2 nitrogen and oxygen atoms in total. The molecule has 0 saturated carbocycles. The fourth-order valence-corrected chi connectivity index (χ4v) is 0.883. The molecule has 72 valence electrons. The summed E-state index contributed by atoms with van der Waals surface area (Å²) in [4.78, 5) is 0. The van der Waals surface area contributed by atoms with Crippen LogP contribution in [-0.4, -0.2) is 10.2 Å². The van der Waals surface area contributed by atoms with Crippen molar-refractivity contribution in [2.24, 2.45) is 5.92 Å². The molecule has 0 saturated heterocycles. The summed E-state index contributed by atoms with van der Waals surface area (Å²) in [6, 6.07) is 8.01. The summed E-state index contributed by atoms with van der Waals surface area (Å²) in [6.45, 7) is 6.50. The van der Waals surface area contributed by atoms with Crippen LogP contribution >= 0.6 is 0 Å². The zero-order valence-electron chi connectivity index (χ0n) is 8.41. The molecular weight excluding hydrogens is 160 g/mol. The number of nitrogens with one attached hydrogen (secondary N) is 1. The van der Waals surface area contributed by atoms with Gasteiger partial charge in [-0.3, -0.25) is 5.10 Å². The third-order valence-electron chi connectivity index (χ3n) is 1.35. The van der Waals surface area contributed by atoms with E-state index >= 15 is 0 Å². The van der Waals surface area contributed by atoms with Crippen LogP contribution in [0, 0.1) is 5.92 Å². The fourth-order valence-electron chi connectivity index (χ4n) is 0.883. The van der Waals surface area contributed by atoms with Gasteiger partial charge in [0.2, 0.25) is 0 Å². The lowest BCUT2D eigenvalue weighted by Crippen LogP contribution is -1.66. The van der Waals surface area contributed by atoms with Gasteiger partial charge in [0.1, 0.15) is 0 Å². The van der Waals surface area contributed by atoms with Crippen molar-refractivity contribution in [3.05, 3.63) is 30.5 Å². The van der Waals surface area contributed by atoms with Gasteiger partial charge in [0.25, 0.3) is 0 Å². The van der Waals surface area contributed by atoms with Crippen LogP contribution in [0.3, 0.4) is 0 Å². The first-order valence-electron chi connectivity index (χ1n) is 4.58. The van der Waals surface area contributed by atoms with Gasteiger partial charge in [0, 0.05) is 6.81 Å². The summed E-state index contributed by atoms with van der Waals surface area (Å²) in [5.41, 5.74) is 1.09. The molecule has 0 aliphatic rings. The van der Waals surface area contributed by atoms with E-state index in [1.165, 1.54) is 0 Å². The summed E-state index contributed by atoms with van der Waals surface area (Å²) >= 11 is 0. The Morgan fingerprint density at radius 2 is 1.85 bits per heavy atom. The smallest absolute Gasteiger partial charge is 0.0650 e. The van der Waals surface area contributed by atoms with Crippen LogP contribution < -0.4 is 0 Å². The van der Waals surface area contributed by atoms with E-state index in [0.29, 0.717) is 0 Å². The Labute approximate surface area is 80.5 Å². The number of fused-ring (bicyclic) bond motifs is 1. The second-order valence-electron chi connectivity index (χ2n) is 3.69. The van der Waals surface area contributed by atoms with Crippen molar-refractivity contribution in [2.75, 3.05) is 0 Å². The number of aromatic amines is 1. The van der Waals surface area contributed by atoms with Crippen LogP contribution in [0.2, 0.25) is 0 Å². The molecule has 0 unspecified atom stereocenters. The minimum atomic E-state index is 0. The summed E-state index contributed by atoms with van der Waals surface area (Å²) < 4.78 is 0. The molecule has 1 aromatic carbocycles. The van der Waals surface area contributed by atoms with Crippen molar-refractivity contribution in [3.8, 4) is 0 Å². The van der Waals surface area contributed by atoms with Gasteiger partial charge in [-0.2, -0.15) is 5.10 Å². The highest BCUT2D eigenvalue weighted by atomic mass is 15.1. The van der Waals surface area contributed by atoms with E-state index < -0.39 is 0 Å². The van der Waals surface area contributed by atoms with Gasteiger partial charge in [-0.25, -0.2) is 0 Å². The Morgan fingerprint density at radius 3 is 2.46 bits per heavy atom. The van der Waals surface area contributed by atoms with Gasteiger partial charge < -0.3 is 0 Å². The van der Waals surface area contributed by atoms with E-state index in [2.05, 4.69) is 31.0 Å². The van der Waals surface area contributed by atoms with Crippen molar-refractivity contribution in [2.45, 2.75) is 20.8 Å². The molecule has 0 amide bonds. The van der Waals surface area contributed by atoms with Crippen molar-refractivity contribution in [1.29, 1.82) is 0 Å². The molecule has 2 aromatic rings. The molecule has 0 bridgehead atoms. The molecule has 0 radical (unpaired) electrons. The van der Waals surface area contributed by atoms with Crippen LogP contribution in [0.25, 0.3) is 10.9 Å². The molecule has 0 spiro atoms. The number of nitrogens with zero attached hydrogens (tertiary/aromatic N) is 1. The molecular formula is C11H18N2. The van der Waals surface area contributed by atoms with Gasteiger partial charge in [0.15, 0.2) is 0 Å². The van der Waals surface area contributed by atoms with Crippen LogP contribution in [-0.2, 0) is 0 Å². The molecule has 0 fully saturated rings. The van der Waals surface area contributed by atoms with E-state index in [9.17, 15) is 0 Å². The van der Waals surface area contributed by atoms with Gasteiger partial charge in [0.05, 0.1) is 11.7 Å². The number of hydrogen-bond acceptors (Lipinski definition) is 1. The van der Waals surface area contributed by atoms with E-state index in [1.807, 2.05) is 30.5 Å². The van der Waals surface area contributed by atoms with Crippen LogP contribution in [0.15, 0.2) is 30.5 Å². The van der Waals surface area contributed by atoms with E-state index in [0.717, 1.165) is 16.8 Å².